The van der Waals surface area contributed by atoms with E-state index in [1.807, 2.05) is 0 Å². The average molecular weight is 370 g/mol. The summed E-state index contributed by atoms with van der Waals surface area (Å²) in [5.74, 6) is 7.12. The number of fused-ring (bicyclic) bond motifs is 5. The lowest BCUT2D eigenvalue weighted by atomic mass is 9.48. The Morgan fingerprint density at radius 3 is 2.33 bits per heavy atom. The Balaban J connectivity index is 1.43. The van der Waals surface area contributed by atoms with Crippen molar-refractivity contribution in [2.24, 2.45) is 46.8 Å². The molecule has 0 saturated heterocycles. The van der Waals surface area contributed by atoms with E-state index in [9.17, 15) is 5.26 Å². The first kappa shape index (κ1) is 19.8. The molecule has 4 aliphatic rings. The van der Waals surface area contributed by atoms with Gasteiger partial charge in [-0.05, 0) is 99.2 Å². The number of unbranched alkanes of at least 4 members (excludes halogenated alkanes) is 2. The second kappa shape index (κ2) is 8.47. The second-order valence-corrected chi connectivity index (χ2v) is 10.9. The molecule has 0 heterocycles. The fourth-order valence-electron chi connectivity index (χ4n) is 8.49. The Hall–Kier alpha value is -0.510. The highest BCUT2D eigenvalue weighted by atomic mass is 14.6. The van der Waals surface area contributed by atoms with Gasteiger partial charge in [-0.3, -0.25) is 0 Å². The molecular formula is C26H43N. The first-order chi connectivity index (χ1) is 13.2. The van der Waals surface area contributed by atoms with Crippen LogP contribution < -0.4 is 0 Å². The maximum Gasteiger partial charge on any atom is 0.0689 e. The van der Waals surface area contributed by atoms with Gasteiger partial charge in [0.05, 0.1) is 11.5 Å². The van der Waals surface area contributed by atoms with E-state index < -0.39 is 0 Å². The molecule has 4 saturated carbocycles. The zero-order valence-electron chi connectivity index (χ0n) is 18.1. The smallest absolute Gasteiger partial charge is 0.0689 e. The third-order valence-electron chi connectivity index (χ3n) is 9.93. The van der Waals surface area contributed by atoms with Gasteiger partial charge in [0.2, 0.25) is 0 Å². The monoisotopic (exact) mass is 369 g/mol. The van der Waals surface area contributed by atoms with Crippen LogP contribution in [0, 0.1) is 58.2 Å². The summed E-state index contributed by atoms with van der Waals surface area (Å²) in [6.07, 6.45) is 21.3. The van der Waals surface area contributed by atoms with Gasteiger partial charge in [-0.2, -0.15) is 5.26 Å². The third-order valence-corrected chi connectivity index (χ3v) is 9.93. The molecule has 27 heavy (non-hydrogen) atoms. The minimum Gasteiger partial charge on any atom is -0.198 e. The highest BCUT2D eigenvalue weighted by Gasteiger charge is 2.52. The highest BCUT2D eigenvalue weighted by Crippen LogP contribution is 2.60. The minimum atomic E-state index is 0.0282. The van der Waals surface area contributed by atoms with Crippen LogP contribution >= 0.6 is 0 Å². The Kier molecular flexibility index (Phi) is 6.21. The summed E-state index contributed by atoms with van der Waals surface area (Å²) in [5.41, 5.74) is 0.0282. The van der Waals surface area contributed by atoms with Crippen molar-refractivity contribution in [3.05, 3.63) is 0 Å². The lowest BCUT2D eigenvalue weighted by molar-refractivity contribution is -0.0713. The Morgan fingerprint density at radius 2 is 1.56 bits per heavy atom. The predicted octanol–water partition coefficient (Wildman–Crippen LogP) is 7.76. The molecule has 4 fully saturated rings. The summed E-state index contributed by atoms with van der Waals surface area (Å²) in [7, 11) is 0. The SMILES string of the molecule is CCCCC[C@H]1CCCC2C3CCC4C[C@](C#N)(CC)CCC4C3CCC21. The van der Waals surface area contributed by atoms with Crippen LogP contribution in [-0.4, -0.2) is 0 Å². The zero-order valence-corrected chi connectivity index (χ0v) is 18.1. The Morgan fingerprint density at radius 1 is 0.815 bits per heavy atom. The van der Waals surface area contributed by atoms with Crippen LogP contribution in [0.25, 0.3) is 0 Å². The lowest BCUT2D eigenvalue weighted by Gasteiger charge is -2.57. The summed E-state index contributed by atoms with van der Waals surface area (Å²) < 4.78 is 0. The maximum absolute atomic E-state index is 9.79. The van der Waals surface area contributed by atoms with Crippen LogP contribution in [-0.2, 0) is 0 Å². The van der Waals surface area contributed by atoms with Crippen molar-refractivity contribution in [1.29, 1.82) is 5.26 Å². The molecule has 1 nitrogen and oxygen atoms in total. The van der Waals surface area contributed by atoms with Crippen molar-refractivity contribution in [3.8, 4) is 6.07 Å². The molecule has 0 bridgehead atoms. The van der Waals surface area contributed by atoms with Gasteiger partial charge >= 0.3 is 0 Å². The minimum absolute atomic E-state index is 0.0282. The molecule has 0 aromatic rings. The molecule has 8 atom stereocenters. The van der Waals surface area contributed by atoms with E-state index in [0.717, 1.165) is 47.8 Å². The zero-order chi connectivity index (χ0) is 18.9. The van der Waals surface area contributed by atoms with E-state index in [4.69, 9.17) is 0 Å². The molecule has 0 spiro atoms. The summed E-state index contributed by atoms with van der Waals surface area (Å²) in [5, 5.41) is 9.79. The Labute approximate surface area is 168 Å². The number of rotatable bonds is 5. The first-order valence-electron chi connectivity index (χ1n) is 12.6. The molecule has 4 aliphatic carbocycles. The molecule has 0 N–H and O–H groups in total. The largest absolute Gasteiger partial charge is 0.198 e. The molecule has 6 unspecified atom stereocenters. The maximum atomic E-state index is 9.79. The van der Waals surface area contributed by atoms with E-state index in [1.165, 1.54) is 77.0 Å². The molecule has 0 amide bonds. The molecule has 4 rings (SSSR count). The molecule has 1 heteroatoms. The van der Waals surface area contributed by atoms with Crippen molar-refractivity contribution in [2.75, 3.05) is 0 Å². The van der Waals surface area contributed by atoms with E-state index in [0.29, 0.717) is 0 Å². The van der Waals surface area contributed by atoms with E-state index >= 15 is 0 Å². The fraction of sp³-hybridized carbons (Fsp3) is 0.962. The highest BCUT2D eigenvalue weighted by molar-refractivity contribution is 5.07. The van der Waals surface area contributed by atoms with E-state index in [-0.39, 0.29) is 5.41 Å². The van der Waals surface area contributed by atoms with E-state index in [1.54, 1.807) is 12.8 Å². The van der Waals surface area contributed by atoms with Crippen molar-refractivity contribution in [2.45, 2.75) is 110 Å². The molecule has 0 aromatic heterocycles. The lowest BCUT2D eigenvalue weighted by Crippen LogP contribution is -2.49. The Bertz CT molecular complexity index is 533. The van der Waals surface area contributed by atoms with Crippen molar-refractivity contribution in [3.63, 3.8) is 0 Å². The second-order valence-electron chi connectivity index (χ2n) is 10.9. The standard InChI is InChI=1S/C26H43N/c1-3-5-6-8-19-9-7-10-23-21(19)13-14-24-22-15-16-26(4-2,18-27)17-20(22)11-12-25(23)24/h19-25H,3-17H2,1-2H3/t19-,20?,21?,22?,23?,24?,25?,26-/m0/s1. The van der Waals surface area contributed by atoms with Gasteiger partial charge in [-0.15, -0.1) is 0 Å². The summed E-state index contributed by atoms with van der Waals surface area (Å²) in [4.78, 5) is 0. The summed E-state index contributed by atoms with van der Waals surface area (Å²) >= 11 is 0. The molecule has 0 radical (unpaired) electrons. The first-order valence-corrected chi connectivity index (χ1v) is 12.6. The fourth-order valence-corrected chi connectivity index (χ4v) is 8.49. The number of nitrogens with zero attached hydrogens (tertiary/aromatic N) is 1. The van der Waals surface area contributed by atoms with Crippen LogP contribution in [0.3, 0.4) is 0 Å². The molecular weight excluding hydrogens is 326 g/mol. The molecule has 0 aliphatic heterocycles. The van der Waals surface area contributed by atoms with E-state index in [2.05, 4.69) is 19.9 Å². The third kappa shape index (κ3) is 3.72. The quantitative estimate of drug-likeness (QED) is 0.454. The van der Waals surface area contributed by atoms with Crippen LogP contribution in [0.5, 0.6) is 0 Å². The van der Waals surface area contributed by atoms with Crippen molar-refractivity contribution < 1.29 is 0 Å². The topological polar surface area (TPSA) is 23.8 Å². The average Bonchev–Trinajstić information content (AvgIpc) is 2.73. The van der Waals surface area contributed by atoms with Crippen LogP contribution in [0.2, 0.25) is 0 Å². The van der Waals surface area contributed by atoms with Gasteiger partial charge in [0.25, 0.3) is 0 Å². The van der Waals surface area contributed by atoms with Gasteiger partial charge in [0.1, 0.15) is 0 Å². The molecule has 152 valence electrons. The van der Waals surface area contributed by atoms with Crippen molar-refractivity contribution >= 4 is 0 Å². The number of hydrogen-bond acceptors (Lipinski definition) is 1. The number of hydrogen-bond donors (Lipinski definition) is 0. The number of nitriles is 1. The van der Waals surface area contributed by atoms with Crippen LogP contribution in [0.15, 0.2) is 0 Å². The normalized spacial score (nSPS) is 46.6. The van der Waals surface area contributed by atoms with Gasteiger partial charge in [0.15, 0.2) is 0 Å². The summed E-state index contributed by atoms with van der Waals surface area (Å²) in [6, 6.07) is 2.75. The molecule has 0 aromatic carbocycles. The van der Waals surface area contributed by atoms with Gasteiger partial charge in [-0.1, -0.05) is 52.4 Å². The predicted molar refractivity (Wildman–Crippen MR) is 113 cm³/mol. The van der Waals surface area contributed by atoms with Gasteiger partial charge < -0.3 is 0 Å². The summed E-state index contributed by atoms with van der Waals surface area (Å²) in [6.45, 7) is 4.60. The van der Waals surface area contributed by atoms with Gasteiger partial charge in [0, 0.05) is 0 Å². The van der Waals surface area contributed by atoms with Crippen LogP contribution in [0.4, 0.5) is 0 Å². The van der Waals surface area contributed by atoms with Gasteiger partial charge in [-0.25, -0.2) is 0 Å². The van der Waals surface area contributed by atoms with Crippen molar-refractivity contribution in [1.82, 2.24) is 0 Å². The van der Waals surface area contributed by atoms with Crippen LogP contribution in [0.1, 0.15) is 110 Å².